The molecule has 1 aromatic carbocycles. The zero-order valence-corrected chi connectivity index (χ0v) is 19.6. The van der Waals surface area contributed by atoms with E-state index >= 15 is 0 Å². The summed E-state index contributed by atoms with van der Waals surface area (Å²) in [5.74, 6) is -0.0187. The van der Waals surface area contributed by atoms with Gasteiger partial charge in [-0.05, 0) is 87.5 Å². The highest BCUT2D eigenvalue weighted by Gasteiger charge is 2.71. The third-order valence-electron chi connectivity index (χ3n) is 10.0. The molecule has 0 spiro atoms. The van der Waals surface area contributed by atoms with E-state index in [1.165, 1.54) is 11.1 Å². The molecule has 3 N–H and O–H groups in total. The Morgan fingerprint density at radius 3 is 2.73 bits per heavy atom. The summed E-state index contributed by atoms with van der Waals surface area (Å²) < 4.78 is 11.7. The topological polar surface area (TPSA) is 99.5 Å². The van der Waals surface area contributed by atoms with Crippen molar-refractivity contribution in [3.05, 3.63) is 47.0 Å². The Labute approximate surface area is 194 Å². The summed E-state index contributed by atoms with van der Waals surface area (Å²) in [4.78, 5) is 13.0. The first kappa shape index (κ1) is 21.9. The maximum absolute atomic E-state index is 13.0. The first-order chi connectivity index (χ1) is 15.5. The van der Waals surface area contributed by atoms with Crippen molar-refractivity contribution in [3.8, 4) is 0 Å². The lowest BCUT2D eigenvalue weighted by Crippen LogP contribution is -2.67. The zero-order chi connectivity index (χ0) is 23.4. The number of hydrogen-bond acceptors (Lipinski definition) is 6. The van der Waals surface area contributed by atoms with Crippen LogP contribution in [0, 0.1) is 11.3 Å². The van der Waals surface area contributed by atoms with Crippen LogP contribution in [0.4, 0.5) is 0 Å². The summed E-state index contributed by atoms with van der Waals surface area (Å²) in [5, 5.41) is 32.8. The number of rotatable bonds is 2. The van der Waals surface area contributed by atoms with Gasteiger partial charge >= 0.3 is 0 Å². The van der Waals surface area contributed by atoms with E-state index in [9.17, 15) is 20.1 Å². The molecule has 33 heavy (non-hydrogen) atoms. The molecule has 2 saturated heterocycles. The van der Waals surface area contributed by atoms with Gasteiger partial charge in [0.15, 0.2) is 12.1 Å². The van der Waals surface area contributed by atoms with Gasteiger partial charge in [0.25, 0.3) is 0 Å². The average Bonchev–Trinajstić information content (AvgIpc) is 3.34. The number of aryl methyl sites for hydroxylation is 1. The predicted octanol–water partition coefficient (Wildman–Crippen LogP) is 2.56. The van der Waals surface area contributed by atoms with Gasteiger partial charge in [-0.1, -0.05) is 24.3 Å². The molecule has 3 aliphatic carbocycles. The first-order valence-corrected chi connectivity index (χ1v) is 12.3. The fourth-order valence-corrected chi connectivity index (χ4v) is 7.62. The van der Waals surface area contributed by atoms with Crippen molar-refractivity contribution in [2.75, 3.05) is 0 Å². The lowest BCUT2D eigenvalue weighted by atomic mass is 9.47. The Morgan fingerprint density at radius 1 is 1.18 bits per heavy atom. The van der Waals surface area contributed by atoms with Crippen LogP contribution in [-0.4, -0.2) is 56.4 Å². The molecule has 1 saturated carbocycles. The van der Waals surface area contributed by atoms with E-state index < -0.39 is 29.0 Å². The van der Waals surface area contributed by atoms with E-state index in [0.717, 1.165) is 24.8 Å². The summed E-state index contributed by atoms with van der Waals surface area (Å²) in [7, 11) is 0. The molecule has 3 fully saturated rings. The minimum Gasteiger partial charge on any atom is -0.390 e. The van der Waals surface area contributed by atoms with Gasteiger partial charge in [-0.2, -0.15) is 0 Å². The molecule has 2 aliphatic heterocycles. The highest BCUT2D eigenvalue weighted by atomic mass is 16.7. The van der Waals surface area contributed by atoms with Crippen LogP contribution < -0.4 is 0 Å². The molecule has 5 aliphatic rings. The second-order valence-corrected chi connectivity index (χ2v) is 11.6. The third-order valence-corrected chi connectivity index (χ3v) is 10.0. The lowest BCUT2D eigenvalue weighted by Gasteiger charge is -2.59. The molecule has 6 nitrogen and oxygen atoms in total. The van der Waals surface area contributed by atoms with Crippen LogP contribution in [-0.2, 0) is 27.1 Å². The highest BCUT2D eigenvalue weighted by Crippen LogP contribution is 2.60. The summed E-state index contributed by atoms with van der Waals surface area (Å²) in [6.07, 6.45) is 5.25. The molecule has 1 aromatic rings. The first-order valence-electron chi connectivity index (χ1n) is 12.3. The average molecular weight is 455 g/mol. The second kappa shape index (κ2) is 6.76. The van der Waals surface area contributed by atoms with Gasteiger partial charge in [-0.15, -0.1) is 0 Å². The number of carbonyl (C=O) groups is 1. The summed E-state index contributed by atoms with van der Waals surface area (Å²) in [5.41, 5.74) is 0.305. The van der Waals surface area contributed by atoms with Crippen molar-refractivity contribution in [1.29, 1.82) is 0 Å². The normalized spacial score (nSPS) is 50.1. The second-order valence-electron chi connectivity index (χ2n) is 11.6. The highest BCUT2D eigenvalue weighted by molar-refractivity contribution is 5.97. The largest absolute Gasteiger partial charge is 0.390 e. The summed E-state index contributed by atoms with van der Waals surface area (Å²) in [6.45, 7) is 5.80. The Bertz CT molecular complexity index is 1050. The monoisotopic (exact) mass is 454 g/mol. The van der Waals surface area contributed by atoms with Crippen molar-refractivity contribution in [3.63, 3.8) is 0 Å². The lowest BCUT2D eigenvalue weighted by molar-refractivity contribution is -0.207. The summed E-state index contributed by atoms with van der Waals surface area (Å²) in [6, 6.07) is 6.48. The molecule has 0 radical (unpaired) electrons. The van der Waals surface area contributed by atoms with E-state index in [-0.39, 0.29) is 29.3 Å². The van der Waals surface area contributed by atoms with Gasteiger partial charge in [-0.3, -0.25) is 4.79 Å². The number of fused-ring (bicyclic) bond motifs is 6. The molecular weight excluding hydrogens is 420 g/mol. The number of aliphatic hydroxyl groups excluding tert-OH is 2. The Hall–Kier alpha value is -1.57. The fourth-order valence-electron chi connectivity index (χ4n) is 7.62. The molecular formula is C27H34O6. The maximum atomic E-state index is 13.0. The smallest absolute Gasteiger partial charge is 0.186 e. The van der Waals surface area contributed by atoms with Gasteiger partial charge < -0.3 is 24.8 Å². The number of aliphatic hydroxyl groups is 3. The summed E-state index contributed by atoms with van der Waals surface area (Å²) >= 11 is 0. The number of carbonyl (C=O) groups excluding carboxylic acids is 1. The molecule has 2 heterocycles. The van der Waals surface area contributed by atoms with Gasteiger partial charge in [0.2, 0.25) is 0 Å². The minimum absolute atomic E-state index is 0.00293. The Balaban J connectivity index is 1.27. The molecule has 6 rings (SSSR count). The van der Waals surface area contributed by atoms with Crippen LogP contribution >= 0.6 is 0 Å². The van der Waals surface area contributed by atoms with Crippen molar-refractivity contribution in [2.45, 2.75) is 101 Å². The number of ketones is 1. The van der Waals surface area contributed by atoms with Crippen LogP contribution in [0.3, 0.4) is 0 Å². The fraction of sp³-hybridized carbons (Fsp3) is 0.667. The number of epoxide rings is 1. The van der Waals surface area contributed by atoms with Gasteiger partial charge in [0.05, 0.1) is 17.6 Å². The van der Waals surface area contributed by atoms with Crippen LogP contribution in [0.2, 0.25) is 0 Å². The van der Waals surface area contributed by atoms with E-state index in [4.69, 9.17) is 9.47 Å². The molecule has 0 bridgehead atoms. The predicted molar refractivity (Wildman–Crippen MR) is 121 cm³/mol. The molecule has 9 atom stereocenters. The molecule has 6 heteroatoms. The van der Waals surface area contributed by atoms with Gasteiger partial charge in [-0.25, -0.2) is 0 Å². The van der Waals surface area contributed by atoms with Crippen molar-refractivity contribution >= 4 is 5.78 Å². The Morgan fingerprint density at radius 2 is 1.97 bits per heavy atom. The van der Waals surface area contributed by atoms with Gasteiger partial charge in [0.1, 0.15) is 16.8 Å². The van der Waals surface area contributed by atoms with Crippen LogP contribution in [0.1, 0.15) is 69.1 Å². The number of benzene rings is 1. The SMILES string of the molecule is C[C@]12C[C@H](Cc3ccc4c(c3)CC[C@H]3[C@H]4C[C@@H](O)[C@@]4(O)CC=CC(=O)[C@]34C)O[C@@H](O)[C@@]1(C)O2. The molecule has 0 amide bonds. The Kier molecular flexibility index (Phi) is 4.49. The third kappa shape index (κ3) is 2.76. The van der Waals surface area contributed by atoms with Crippen molar-refractivity contribution in [1.82, 2.24) is 0 Å². The zero-order valence-electron chi connectivity index (χ0n) is 19.6. The number of ether oxygens (including phenoxy) is 2. The van der Waals surface area contributed by atoms with Crippen molar-refractivity contribution < 1.29 is 29.6 Å². The minimum atomic E-state index is -1.40. The number of allylic oxidation sites excluding steroid dienone is 1. The molecule has 0 unspecified atom stereocenters. The maximum Gasteiger partial charge on any atom is 0.186 e. The van der Waals surface area contributed by atoms with Crippen molar-refractivity contribution in [2.24, 2.45) is 11.3 Å². The van der Waals surface area contributed by atoms with E-state index in [0.29, 0.717) is 19.3 Å². The molecule has 0 aromatic heterocycles. The van der Waals surface area contributed by atoms with Crippen LogP contribution in [0.25, 0.3) is 0 Å². The van der Waals surface area contributed by atoms with Crippen LogP contribution in [0.15, 0.2) is 30.4 Å². The van der Waals surface area contributed by atoms with E-state index in [1.807, 2.05) is 20.8 Å². The quantitative estimate of drug-likeness (QED) is 0.594. The van der Waals surface area contributed by atoms with E-state index in [2.05, 4.69) is 18.2 Å². The molecule has 178 valence electrons. The standard InChI is InChI=1S/C27H34O6/c1-24-14-17(32-23(30)26(24,3)33-24)12-15-6-8-18-16(11-15)7-9-20-19(18)13-22(29)27(31)10-4-5-21(28)25(20,27)2/h4-6,8,11,17,19-20,22-23,29-31H,7,9-10,12-14H2,1-3H3/t17-,19-,20-,22+,23+,24-,25-,26+,27-/m0/s1. The van der Waals surface area contributed by atoms with Gasteiger partial charge in [0, 0.05) is 6.42 Å². The van der Waals surface area contributed by atoms with E-state index in [1.54, 1.807) is 12.2 Å². The van der Waals surface area contributed by atoms with Crippen LogP contribution in [0.5, 0.6) is 0 Å². The number of hydrogen-bond donors (Lipinski definition) is 3.